The zero-order valence-electron chi connectivity index (χ0n) is 21.2. The van der Waals surface area contributed by atoms with Crippen molar-refractivity contribution in [1.82, 2.24) is 5.32 Å². The van der Waals surface area contributed by atoms with Crippen molar-refractivity contribution in [3.8, 4) is 28.4 Å². The third-order valence-corrected chi connectivity index (χ3v) is 6.78. The van der Waals surface area contributed by atoms with Crippen LogP contribution in [-0.2, 0) is 20.7 Å². The molecule has 1 N–H and O–H groups in total. The fourth-order valence-electron chi connectivity index (χ4n) is 4.30. The molecular weight excluding hydrogens is 482 g/mol. The maximum Gasteiger partial charge on any atom is 0.311 e. The Labute approximate surface area is 215 Å². The Morgan fingerprint density at radius 2 is 1.83 bits per heavy atom. The molecule has 36 heavy (non-hydrogen) atoms. The van der Waals surface area contributed by atoms with Gasteiger partial charge in [-0.3, -0.25) is 14.4 Å². The van der Waals surface area contributed by atoms with Crippen LogP contribution in [0, 0.1) is 0 Å². The van der Waals surface area contributed by atoms with Gasteiger partial charge in [-0.05, 0) is 54.0 Å². The fourth-order valence-corrected chi connectivity index (χ4v) is 4.77. The van der Waals surface area contributed by atoms with E-state index in [1.165, 1.54) is 40.0 Å². The molecule has 0 spiro atoms. The summed E-state index contributed by atoms with van der Waals surface area (Å²) in [6.45, 7) is 5.18. The zero-order chi connectivity index (χ0) is 26.4. The lowest BCUT2D eigenvalue weighted by Crippen LogP contribution is -2.26. The van der Waals surface area contributed by atoms with Crippen molar-refractivity contribution in [3.63, 3.8) is 0 Å². The van der Waals surface area contributed by atoms with E-state index in [0.29, 0.717) is 41.2 Å². The molecule has 1 atom stereocenters. The van der Waals surface area contributed by atoms with Crippen LogP contribution in [0.1, 0.15) is 43.4 Å². The molecule has 0 heterocycles. The van der Waals surface area contributed by atoms with E-state index in [9.17, 15) is 14.4 Å². The first-order valence-corrected chi connectivity index (χ1v) is 12.7. The first-order chi connectivity index (χ1) is 17.2. The molecule has 9 heteroatoms. The summed E-state index contributed by atoms with van der Waals surface area (Å²) >= 11 is 1.36. The van der Waals surface area contributed by atoms with Crippen LogP contribution in [0.3, 0.4) is 0 Å². The lowest BCUT2D eigenvalue weighted by atomic mass is 9.95. The van der Waals surface area contributed by atoms with Crippen molar-refractivity contribution in [3.05, 3.63) is 58.0 Å². The molecule has 8 nitrogen and oxygen atoms in total. The van der Waals surface area contributed by atoms with Gasteiger partial charge in [0.25, 0.3) is 0 Å². The number of hydrogen-bond acceptors (Lipinski definition) is 8. The molecule has 0 radical (unpaired) electrons. The normalized spacial score (nSPS) is 14.0. The minimum Gasteiger partial charge on any atom is -0.502 e. The molecular formula is C27H31NO7S. The molecule has 0 aliphatic heterocycles. The molecule has 1 aliphatic rings. The van der Waals surface area contributed by atoms with E-state index in [1.807, 2.05) is 12.3 Å². The van der Waals surface area contributed by atoms with Crippen LogP contribution in [0.15, 0.2) is 46.3 Å². The Kier molecular flexibility index (Phi) is 9.03. The minimum atomic E-state index is -0.467. The molecule has 0 aromatic heterocycles. The molecule has 0 fully saturated rings. The van der Waals surface area contributed by atoms with Gasteiger partial charge in [0.05, 0.1) is 44.4 Å². The second kappa shape index (κ2) is 12.0. The number of allylic oxidation sites excluding steroid dienone is 1. The molecule has 2 aromatic carbocycles. The molecule has 1 unspecified atom stereocenters. The predicted octanol–water partition coefficient (Wildman–Crippen LogP) is 4.42. The first-order valence-electron chi connectivity index (χ1n) is 11.4. The van der Waals surface area contributed by atoms with Crippen LogP contribution >= 0.6 is 11.8 Å². The van der Waals surface area contributed by atoms with Gasteiger partial charge in [0.1, 0.15) is 0 Å². The lowest BCUT2D eigenvalue weighted by molar-refractivity contribution is -0.134. The number of benzene rings is 1. The number of carbonyl (C=O) groups excluding carboxylic acids is 2. The minimum absolute atomic E-state index is 0.0856. The summed E-state index contributed by atoms with van der Waals surface area (Å²) in [5.41, 5.74) is 2.87. The van der Waals surface area contributed by atoms with Gasteiger partial charge < -0.3 is 24.3 Å². The number of nitrogens with one attached hydrogen (secondary N) is 1. The third-order valence-electron chi connectivity index (χ3n) is 6.00. The van der Waals surface area contributed by atoms with Crippen molar-refractivity contribution in [2.45, 2.75) is 43.5 Å². The Hall–Kier alpha value is -3.46. The summed E-state index contributed by atoms with van der Waals surface area (Å²) < 4.78 is 22.1. The van der Waals surface area contributed by atoms with Gasteiger partial charge in [-0.15, -0.1) is 11.8 Å². The number of aryl methyl sites for hydroxylation is 1. The van der Waals surface area contributed by atoms with Gasteiger partial charge in [-0.25, -0.2) is 0 Å². The number of esters is 1. The Balaban J connectivity index is 2.21. The van der Waals surface area contributed by atoms with E-state index in [4.69, 9.17) is 18.9 Å². The fraction of sp³-hybridized carbons (Fsp3) is 0.370. The number of amides is 1. The molecule has 0 saturated carbocycles. The average molecular weight is 514 g/mol. The quantitative estimate of drug-likeness (QED) is 0.228. The molecule has 0 bridgehead atoms. The van der Waals surface area contributed by atoms with Crippen LogP contribution in [-0.4, -0.2) is 39.5 Å². The van der Waals surface area contributed by atoms with E-state index in [-0.39, 0.29) is 35.3 Å². The summed E-state index contributed by atoms with van der Waals surface area (Å²) in [4.78, 5) is 38.1. The highest BCUT2D eigenvalue weighted by Crippen LogP contribution is 2.50. The van der Waals surface area contributed by atoms with Crippen molar-refractivity contribution in [1.29, 1.82) is 0 Å². The lowest BCUT2D eigenvalue weighted by Gasteiger charge is -2.20. The number of ether oxygens (including phenoxy) is 4. The number of thioether (sulfide) groups is 1. The number of methoxy groups -OCH3 is 3. The van der Waals surface area contributed by atoms with E-state index >= 15 is 0 Å². The van der Waals surface area contributed by atoms with Crippen LogP contribution in [0.25, 0.3) is 11.1 Å². The van der Waals surface area contributed by atoms with Crippen LogP contribution in [0.2, 0.25) is 0 Å². The van der Waals surface area contributed by atoms with Gasteiger partial charge >= 0.3 is 5.97 Å². The van der Waals surface area contributed by atoms with Gasteiger partial charge in [-0.2, -0.15) is 0 Å². The summed E-state index contributed by atoms with van der Waals surface area (Å²) in [7, 11) is 4.48. The van der Waals surface area contributed by atoms with Crippen molar-refractivity contribution < 1.29 is 28.5 Å². The summed E-state index contributed by atoms with van der Waals surface area (Å²) in [5, 5.41) is 2.97. The number of fused-ring (bicyclic) bond motifs is 3. The molecule has 1 amide bonds. The highest BCUT2D eigenvalue weighted by atomic mass is 32.2. The number of rotatable bonds is 9. The number of hydrogen-bond donors (Lipinski definition) is 1. The predicted molar refractivity (Wildman–Crippen MR) is 139 cm³/mol. The molecule has 0 saturated heterocycles. The first kappa shape index (κ1) is 27.1. The highest BCUT2D eigenvalue weighted by molar-refractivity contribution is 7.98. The van der Waals surface area contributed by atoms with Gasteiger partial charge in [0.15, 0.2) is 16.9 Å². The van der Waals surface area contributed by atoms with Crippen molar-refractivity contribution in [2.24, 2.45) is 0 Å². The molecule has 192 valence electrons. The standard InChI is InChI=1S/C27H31NO7S/c1-15(32-3)7-12-24(31)35-22-13-17-8-10-20(28-16(2)29)19-14-21(30)23(36-6)11-9-18(19)25(17)27(34-5)26(22)33-4/h9,11,13-14,20H,1,7-8,10,12H2,2-6H3,(H,28,29). The van der Waals surface area contributed by atoms with Gasteiger partial charge in [0, 0.05) is 18.9 Å². The van der Waals surface area contributed by atoms with Crippen molar-refractivity contribution in [2.75, 3.05) is 27.6 Å². The molecule has 3 rings (SSSR count). The SMILES string of the molecule is C=C(CCC(=O)Oc1cc2c(c(OC)c1OC)-c1ccc(SC)c(=O)cc1C(NC(C)=O)CC2)OC. The van der Waals surface area contributed by atoms with Gasteiger partial charge in [-0.1, -0.05) is 12.6 Å². The smallest absolute Gasteiger partial charge is 0.311 e. The van der Waals surface area contributed by atoms with Crippen molar-refractivity contribution >= 4 is 23.6 Å². The maximum atomic E-state index is 12.9. The van der Waals surface area contributed by atoms with E-state index < -0.39 is 5.97 Å². The second-order valence-electron chi connectivity index (χ2n) is 8.26. The van der Waals surface area contributed by atoms with Crippen LogP contribution in [0.4, 0.5) is 0 Å². The highest BCUT2D eigenvalue weighted by Gasteiger charge is 2.30. The molecule has 2 aromatic rings. The van der Waals surface area contributed by atoms with E-state index in [1.54, 1.807) is 18.2 Å². The summed E-state index contributed by atoms with van der Waals surface area (Å²) in [6, 6.07) is 6.60. The Morgan fingerprint density at radius 1 is 1.11 bits per heavy atom. The largest absolute Gasteiger partial charge is 0.502 e. The van der Waals surface area contributed by atoms with Crippen LogP contribution < -0.4 is 25.0 Å². The maximum absolute atomic E-state index is 12.9. The molecule has 1 aliphatic carbocycles. The third kappa shape index (κ3) is 5.84. The monoisotopic (exact) mass is 513 g/mol. The van der Waals surface area contributed by atoms with E-state index in [0.717, 1.165) is 16.7 Å². The average Bonchev–Trinajstić information content (AvgIpc) is 3.10. The van der Waals surface area contributed by atoms with Gasteiger partial charge in [0.2, 0.25) is 11.7 Å². The zero-order valence-corrected chi connectivity index (χ0v) is 22.0. The van der Waals surface area contributed by atoms with Crippen LogP contribution in [0.5, 0.6) is 17.2 Å². The number of carbonyl (C=O) groups is 2. The Bertz CT molecular complexity index is 1240. The van der Waals surface area contributed by atoms with E-state index in [2.05, 4.69) is 11.9 Å². The summed E-state index contributed by atoms with van der Waals surface area (Å²) in [6.07, 6.45) is 3.33. The topological polar surface area (TPSA) is 100 Å². The Morgan fingerprint density at radius 3 is 2.44 bits per heavy atom. The summed E-state index contributed by atoms with van der Waals surface area (Å²) in [5.74, 6) is 0.694. The second-order valence-corrected chi connectivity index (χ2v) is 9.11.